The summed E-state index contributed by atoms with van der Waals surface area (Å²) in [6.07, 6.45) is 0.322. The number of carbonyl (C=O) groups is 3. The van der Waals surface area contributed by atoms with Gasteiger partial charge >= 0.3 is 6.03 Å². The van der Waals surface area contributed by atoms with E-state index in [1.165, 1.54) is 6.07 Å². The number of hydrogen-bond acceptors (Lipinski definition) is 4. The fourth-order valence-electron chi connectivity index (χ4n) is 6.23. The van der Waals surface area contributed by atoms with Gasteiger partial charge in [0.25, 0.3) is 11.8 Å². The molecule has 2 aliphatic heterocycles. The van der Waals surface area contributed by atoms with Gasteiger partial charge in [0.15, 0.2) is 0 Å². The second-order valence-electron chi connectivity index (χ2n) is 10.6. The van der Waals surface area contributed by atoms with Crippen LogP contribution >= 0.6 is 0 Å². The number of halogens is 1. The van der Waals surface area contributed by atoms with Crippen molar-refractivity contribution in [1.29, 1.82) is 0 Å². The molecule has 4 amide bonds. The van der Waals surface area contributed by atoms with Crippen LogP contribution in [0, 0.1) is 5.82 Å². The molecule has 3 heterocycles. The summed E-state index contributed by atoms with van der Waals surface area (Å²) in [5.41, 5.74) is 4.17. The maximum absolute atomic E-state index is 14.3. The Bertz CT molecular complexity index is 1920. The molecule has 214 valence electrons. The first-order chi connectivity index (χ1) is 21.0. The monoisotopic (exact) mass is 574 g/mol. The molecule has 2 atom stereocenters. The van der Waals surface area contributed by atoms with E-state index >= 15 is 0 Å². The lowest BCUT2D eigenvalue weighted by Crippen LogP contribution is -2.44. The smallest absolute Gasteiger partial charge is 0.332 e. The first kappa shape index (κ1) is 26.5. The molecule has 43 heavy (non-hydrogen) atoms. The van der Waals surface area contributed by atoms with Crippen molar-refractivity contribution in [3.05, 3.63) is 131 Å². The number of fused-ring (bicyclic) bond motifs is 4. The topological polar surface area (TPSA) is 94.7 Å². The van der Waals surface area contributed by atoms with E-state index in [2.05, 4.69) is 10.3 Å². The molecule has 1 saturated heterocycles. The number of amides is 4. The van der Waals surface area contributed by atoms with Gasteiger partial charge in [-0.2, -0.15) is 0 Å². The molecular weight excluding hydrogens is 547 g/mol. The third kappa shape index (κ3) is 4.32. The highest BCUT2D eigenvalue weighted by atomic mass is 19.1. The van der Waals surface area contributed by atoms with E-state index in [-0.39, 0.29) is 17.8 Å². The van der Waals surface area contributed by atoms with Crippen molar-refractivity contribution in [3.8, 4) is 5.75 Å². The van der Waals surface area contributed by atoms with Crippen LogP contribution in [-0.2, 0) is 17.8 Å². The highest BCUT2D eigenvalue weighted by Crippen LogP contribution is 2.45. The van der Waals surface area contributed by atoms with Gasteiger partial charge in [-0.05, 0) is 47.5 Å². The quantitative estimate of drug-likeness (QED) is 0.253. The Kier molecular flexibility index (Phi) is 6.42. The summed E-state index contributed by atoms with van der Waals surface area (Å²) in [6.45, 7) is -0.0455. The molecule has 0 radical (unpaired) electrons. The molecule has 8 nitrogen and oxygen atoms in total. The minimum absolute atomic E-state index is 0.0455. The average Bonchev–Trinajstić information content (AvgIpc) is 3.53. The second-order valence-corrected chi connectivity index (χ2v) is 10.6. The Labute approximate surface area is 246 Å². The molecule has 5 aromatic rings. The maximum Gasteiger partial charge on any atom is 0.332 e. The SMILES string of the molecule is COc1cccc([C@H]2c3[nH]c4ccccc4c3C[C@H]3C(=O)N(c4ccccc4C(=O)NCc4ccccc4F)C(=O)N23)c1. The number of hydrogen-bond donors (Lipinski definition) is 2. The van der Waals surface area contributed by atoms with Crippen molar-refractivity contribution in [1.82, 2.24) is 15.2 Å². The van der Waals surface area contributed by atoms with Gasteiger partial charge in [-0.3, -0.25) is 14.5 Å². The van der Waals surface area contributed by atoms with Crippen molar-refractivity contribution < 1.29 is 23.5 Å². The number of aromatic amines is 1. The fourth-order valence-corrected chi connectivity index (χ4v) is 6.23. The molecule has 0 unspecified atom stereocenters. The van der Waals surface area contributed by atoms with E-state index in [0.717, 1.165) is 32.6 Å². The molecular formula is C34H27FN4O4. The van der Waals surface area contributed by atoms with Crippen LogP contribution in [0.2, 0.25) is 0 Å². The highest BCUT2D eigenvalue weighted by molar-refractivity contribution is 6.24. The van der Waals surface area contributed by atoms with Gasteiger partial charge in [-0.1, -0.05) is 60.7 Å². The van der Waals surface area contributed by atoms with Crippen LogP contribution in [0.25, 0.3) is 10.9 Å². The Balaban J connectivity index is 1.29. The van der Waals surface area contributed by atoms with Gasteiger partial charge in [-0.15, -0.1) is 0 Å². The second kappa shape index (κ2) is 10.4. The van der Waals surface area contributed by atoms with Crippen LogP contribution in [-0.4, -0.2) is 40.9 Å². The maximum atomic E-state index is 14.3. The van der Waals surface area contributed by atoms with Gasteiger partial charge in [0, 0.05) is 35.1 Å². The van der Waals surface area contributed by atoms with E-state index in [1.807, 2.05) is 48.5 Å². The number of nitrogens with one attached hydrogen (secondary N) is 2. The standard InChI is InChI=1S/C34H27FN4O4/c1-43-22-11-8-10-20(17-22)31-30-25(23-12-3-6-15-27(23)37-30)18-29-33(41)39(34(42)38(29)31)28-16-7-4-13-24(28)32(40)36-19-21-9-2-5-14-26(21)35/h2-17,29,31,37H,18-19H2,1H3,(H,36,40)/t29-,31-/m0/s1. The molecule has 7 rings (SSSR count). The minimum Gasteiger partial charge on any atom is -0.497 e. The Hall–Kier alpha value is -5.44. The predicted molar refractivity (Wildman–Crippen MR) is 159 cm³/mol. The molecule has 0 spiro atoms. The number of methoxy groups -OCH3 is 1. The van der Waals surface area contributed by atoms with Gasteiger partial charge in [0.05, 0.1) is 18.4 Å². The van der Waals surface area contributed by atoms with Crippen molar-refractivity contribution in [2.45, 2.75) is 25.0 Å². The summed E-state index contributed by atoms with van der Waals surface area (Å²) in [7, 11) is 1.58. The predicted octanol–water partition coefficient (Wildman–Crippen LogP) is 5.73. The van der Waals surface area contributed by atoms with Gasteiger partial charge in [0.1, 0.15) is 23.7 Å². The molecule has 9 heteroatoms. The van der Waals surface area contributed by atoms with Crippen molar-refractivity contribution in [2.24, 2.45) is 0 Å². The van der Waals surface area contributed by atoms with Crippen molar-refractivity contribution in [3.63, 3.8) is 0 Å². The number of aromatic nitrogens is 1. The molecule has 4 aromatic carbocycles. The number of para-hydroxylation sites is 2. The number of carbonyl (C=O) groups excluding carboxylic acids is 3. The largest absolute Gasteiger partial charge is 0.497 e. The number of ether oxygens (including phenoxy) is 1. The van der Waals surface area contributed by atoms with Gasteiger partial charge in [0.2, 0.25) is 0 Å². The summed E-state index contributed by atoms with van der Waals surface area (Å²) in [6, 6.07) is 26.1. The molecule has 2 N–H and O–H groups in total. The molecule has 0 bridgehead atoms. The molecule has 1 fully saturated rings. The fraction of sp³-hybridized carbons (Fsp3) is 0.147. The van der Waals surface area contributed by atoms with E-state index in [4.69, 9.17) is 4.74 Å². The summed E-state index contributed by atoms with van der Waals surface area (Å²) in [5.74, 6) is -0.741. The molecule has 0 aliphatic carbocycles. The molecule has 0 saturated carbocycles. The lowest BCUT2D eigenvalue weighted by atomic mass is 9.89. The number of anilines is 1. The zero-order valence-electron chi connectivity index (χ0n) is 23.2. The van der Waals surface area contributed by atoms with E-state index < -0.39 is 35.7 Å². The Morgan fingerprint density at radius 2 is 1.74 bits per heavy atom. The normalized spacial score (nSPS) is 17.6. The zero-order chi connectivity index (χ0) is 29.7. The van der Waals surface area contributed by atoms with Gasteiger partial charge in [-0.25, -0.2) is 14.1 Å². The zero-order valence-corrected chi connectivity index (χ0v) is 23.2. The van der Waals surface area contributed by atoms with Gasteiger partial charge < -0.3 is 15.0 Å². The van der Waals surface area contributed by atoms with Crippen LogP contribution in [0.3, 0.4) is 0 Å². The lowest BCUT2D eigenvalue weighted by Gasteiger charge is -2.36. The third-order valence-corrected chi connectivity index (χ3v) is 8.25. The first-order valence-corrected chi connectivity index (χ1v) is 14.0. The number of rotatable bonds is 6. The van der Waals surface area contributed by atoms with Crippen LogP contribution in [0.1, 0.15) is 38.8 Å². The number of urea groups is 1. The first-order valence-electron chi connectivity index (χ1n) is 14.0. The minimum atomic E-state index is -0.787. The summed E-state index contributed by atoms with van der Waals surface area (Å²) in [5, 5.41) is 3.73. The molecule has 2 aliphatic rings. The van der Waals surface area contributed by atoms with Crippen molar-refractivity contribution in [2.75, 3.05) is 12.0 Å². The van der Waals surface area contributed by atoms with Crippen molar-refractivity contribution >= 4 is 34.4 Å². The van der Waals surface area contributed by atoms with E-state index in [0.29, 0.717) is 17.7 Å². The summed E-state index contributed by atoms with van der Waals surface area (Å²) < 4.78 is 19.7. The van der Waals surface area contributed by atoms with Crippen LogP contribution in [0.15, 0.2) is 97.1 Å². The molecule has 1 aromatic heterocycles. The van der Waals surface area contributed by atoms with E-state index in [9.17, 15) is 18.8 Å². The number of benzene rings is 4. The lowest BCUT2D eigenvalue weighted by molar-refractivity contribution is -0.120. The summed E-state index contributed by atoms with van der Waals surface area (Å²) in [4.78, 5) is 48.1. The third-order valence-electron chi connectivity index (χ3n) is 8.25. The Morgan fingerprint density at radius 3 is 2.58 bits per heavy atom. The van der Waals surface area contributed by atoms with Crippen LogP contribution in [0.4, 0.5) is 14.9 Å². The number of nitrogens with zero attached hydrogens (tertiary/aromatic N) is 2. The van der Waals surface area contributed by atoms with E-state index in [1.54, 1.807) is 54.5 Å². The van der Waals surface area contributed by atoms with Crippen LogP contribution < -0.4 is 15.0 Å². The number of imide groups is 1. The Morgan fingerprint density at radius 1 is 0.977 bits per heavy atom. The van der Waals surface area contributed by atoms with Crippen LogP contribution in [0.5, 0.6) is 5.75 Å². The highest BCUT2D eigenvalue weighted by Gasteiger charge is 2.53. The average molecular weight is 575 g/mol. The summed E-state index contributed by atoms with van der Waals surface area (Å²) >= 11 is 0. The number of H-pyrrole nitrogens is 1.